The van der Waals surface area contributed by atoms with Crippen LogP contribution in [0.25, 0.3) is 0 Å². The van der Waals surface area contributed by atoms with Gasteiger partial charge in [0.15, 0.2) is 9.84 Å². The van der Waals surface area contributed by atoms with Crippen LogP contribution in [0.15, 0.2) is 24.3 Å². The lowest BCUT2D eigenvalue weighted by Gasteiger charge is -2.22. The summed E-state index contributed by atoms with van der Waals surface area (Å²) in [7, 11) is -3.25. The van der Waals surface area contributed by atoms with E-state index >= 15 is 0 Å². The maximum Gasteiger partial charge on any atom is 0.225 e. The third kappa shape index (κ3) is 4.44. The first-order valence-corrected chi connectivity index (χ1v) is 8.64. The molecule has 116 valence electrons. The summed E-state index contributed by atoms with van der Waals surface area (Å²) >= 11 is 0. The van der Waals surface area contributed by atoms with Crippen LogP contribution in [0.5, 0.6) is 0 Å². The predicted molar refractivity (Wildman–Crippen MR) is 81.7 cm³/mol. The van der Waals surface area contributed by atoms with Gasteiger partial charge < -0.3 is 15.8 Å². The molecule has 1 aromatic carbocycles. The van der Waals surface area contributed by atoms with E-state index in [-0.39, 0.29) is 23.3 Å². The van der Waals surface area contributed by atoms with E-state index < -0.39 is 9.84 Å². The van der Waals surface area contributed by atoms with Gasteiger partial charge in [0, 0.05) is 19.6 Å². The fourth-order valence-electron chi connectivity index (χ4n) is 2.26. The van der Waals surface area contributed by atoms with Crippen molar-refractivity contribution in [3.8, 4) is 0 Å². The molecule has 2 rings (SSSR count). The maximum absolute atomic E-state index is 12.1. The fraction of sp³-hybridized carbons (Fsp3) is 0.500. The minimum atomic E-state index is -3.25. The quantitative estimate of drug-likeness (QED) is 0.796. The molecule has 1 aliphatic rings. The number of sulfone groups is 1. The first-order valence-electron chi connectivity index (χ1n) is 6.93. The second-order valence-corrected chi connectivity index (χ2v) is 7.46. The summed E-state index contributed by atoms with van der Waals surface area (Å²) in [6.07, 6.45) is 0.958. The van der Waals surface area contributed by atoms with Gasteiger partial charge in [0.05, 0.1) is 22.4 Å². The number of nitrogens with one attached hydrogen (secondary N) is 1. The van der Waals surface area contributed by atoms with Crippen molar-refractivity contribution >= 4 is 27.1 Å². The van der Waals surface area contributed by atoms with E-state index in [0.29, 0.717) is 37.4 Å². The summed E-state index contributed by atoms with van der Waals surface area (Å²) in [5.41, 5.74) is 6.68. The molecule has 0 saturated carbocycles. The SMILES string of the molecule is Nc1ccccc1NC(=O)CCS(=O)(=O)C1CCOCC1. The number of carbonyl (C=O) groups is 1. The average Bonchev–Trinajstić information content (AvgIpc) is 2.49. The molecule has 3 N–H and O–H groups in total. The van der Waals surface area contributed by atoms with Crippen LogP contribution >= 0.6 is 0 Å². The van der Waals surface area contributed by atoms with Crippen LogP contribution in [0.1, 0.15) is 19.3 Å². The molecule has 1 aromatic rings. The lowest BCUT2D eigenvalue weighted by Crippen LogP contribution is -2.31. The van der Waals surface area contributed by atoms with Crippen molar-refractivity contribution in [2.45, 2.75) is 24.5 Å². The molecule has 7 heteroatoms. The molecule has 6 nitrogen and oxygen atoms in total. The van der Waals surface area contributed by atoms with Crippen LogP contribution in [-0.4, -0.2) is 38.5 Å². The largest absolute Gasteiger partial charge is 0.397 e. The number of nitrogen functional groups attached to an aromatic ring is 1. The van der Waals surface area contributed by atoms with Gasteiger partial charge in [0.25, 0.3) is 0 Å². The second-order valence-electron chi connectivity index (χ2n) is 5.06. The first kappa shape index (κ1) is 15.8. The van der Waals surface area contributed by atoms with Crippen molar-refractivity contribution in [1.29, 1.82) is 0 Å². The molecule has 1 aliphatic heterocycles. The first-order chi connectivity index (χ1) is 9.99. The third-order valence-corrected chi connectivity index (χ3v) is 5.79. The Labute approximate surface area is 124 Å². The van der Waals surface area contributed by atoms with E-state index in [4.69, 9.17) is 10.5 Å². The van der Waals surface area contributed by atoms with Gasteiger partial charge in [-0.3, -0.25) is 4.79 Å². The van der Waals surface area contributed by atoms with Gasteiger partial charge in [0.2, 0.25) is 5.91 Å². The highest BCUT2D eigenvalue weighted by Crippen LogP contribution is 2.19. The fourth-order valence-corrected chi connectivity index (χ4v) is 3.97. The van der Waals surface area contributed by atoms with Crippen molar-refractivity contribution in [2.24, 2.45) is 0 Å². The number of benzene rings is 1. The van der Waals surface area contributed by atoms with Crippen molar-refractivity contribution in [1.82, 2.24) is 0 Å². The van der Waals surface area contributed by atoms with E-state index in [0.717, 1.165) is 0 Å². The molecule has 21 heavy (non-hydrogen) atoms. The van der Waals surface area contributed by atoms with Crippen molar-refractivity contribution in [3.63, 3.8) is 0 Å². The van der Waals surface area contributed by atoms with Crippen LogP contribution < -0.4 is 11.1 Å². The zero-order chi connectivity index (χ0) is 15.3. The topological polar surface area (TPSA) is 98.5 Å². The van der Waals surface area contributed by atoms with Gasteiger partial charge in [-0.2, -0.15) is 0 Å². The van der Waals surface area contributed by atoms with E-state index in [1.807, 2.05) is 0 Å². The molecule has 1 saturated heterocycles. The summed E-state index contributed by atoms with van der Waals surface area (Å²) in [4.78, 5) is 11.8. The van der Waals surface area contributed by atoms with Crippen molar-refractivity contribution in [3.05, 3.63) is 24.3 Å². The number of para-hydroxylation sites is 2. The van der Waals surface area contributed by atoms with E-state index in [9.17, 15) is 13.2 Å². The Bertz CT molecular complexity index is 595. The smallest absolute Gasteiger partial charge is 0.225 e. The minimum Gasteiger partial charge on any atom is -0.397 e. The van der Waals surface area contributed by atoms with Gasteiger partial charge in [-0.15, -0.1) is 0 Å². The number of carbonyl (C=O) groups excluding carboxylic acids is 1. The highest BCUT2D eigenvalue weighted by atomic mass is 32.2. The van der Waals surface area contributed by atoms with Crippen LogP contribution in [-0.2, 0) is 19.4 Å². The summed E-state index contributed by atoms with van der Waals surface area (Å²) in [5.74, 6) is -0.487. The lowest BCUT2D eigenvalue weighted by atomic mass is 10.2. The number of hydrogen-bond acceptors (Lipinski definition) is 5. The number of nitrogens with two attached hydrogens (primary N) is 1. The number of anilines is 2. The Morgan fingerprint density at radius 1 is 1.29 bits per heavy atom. The van der Waals surface area contributed by atoms with Gasteiger partial charge >= 0.3 is 0 Å². The summed E-state index contributed by atoms with van der Waals surface area (Å²) < 4.78 is 29.5. The van der Waals surface area contributed by atoms with Crippen LogP contribution in [0.2, 0.25) is 0 Å². The molecule has 1 fully saturated rings. The summed E-state index contributed by atoms with van der Waals surface area (Å²) in [6.45, 7) is 0.938. The van der Waals surface area contributed by atoms with Gasteiger partial charge in [-0.25, -0.2) is 8.42 Å². The molecular formula is C14H20N2O4S. The number of amides is 1. The number of rotatable bonds is 5. The Kier molecular flexibility index (Phi) is 5.19. The molecule has 0 radical (unpaired) electrons. The average molecular weight is 312 g/mol. The molecule has 0 aromatic heterocycles. The van der Waals surface area contributed by atoms with Crippen molar-refractivity contribution in [2.75, 3.05) is 30.0 Å². The Hall–Kier alpha value is -1.60. The molecular weight excluding hydrogens is 292 g/mol. The molecule has 1 amide bonds. The molecule has 0 unspecified atom stereocenters. The minimum absolute atomic E-state index is 0.0615. The van der Waals surface area contributed by atoms with E-state index in [1.165, 1.54) is 0 Å². The molecule has 0 bridgehead atoms. The Balaban J connectivity index is 1.87. The number of hydrogen-bond donors (Lipinski definition) is 2. The monoisotopic (exact) mass is 312 g/mol. The van der Waals surface area contributed by atoms with E-state index in [1.54, 1.807) is 24.3 Å². The highest BCUT2D eigenvalue weighted by Gasteiger charge is 2.28. The standard InChI is InChI=1S/C14H20N2O4S/c15-12-3-1-2-4-13(12)16-14(17)7-10-21(18,19)11-5-8-20-9-6-11/h1-4,11H,5-10,15H2,(H,16,17). The highest BCUT2D eigenvalue weighted by molar-refractivity contribution is 7.92. The molecule has 0 atom stereocenters. The maximum atomic E-state index is 12.1. The summed E-state index contributed by atoms with van der Waals surface area (Å²) in [5, 5.41) is 2.24. The zero-order valence-corrected chi connectivity index (χ0v) is 12.6. The van der Waals surface area contributed by atoms with Gasteiger partial charge in [0.1, 0.15) is 0 Å². The molecule has 0 aliphatic carbocycles. The lowest BCUT2D eigenvalue weighted by molar-refractivity contribution is -0.115. The van der Waals surface area contributed by atoms with Gasteiger partial charge in [-0.05, 0) is 25.0 Å². The normalized spacial score (nSPS) is 16.6. The van der Waals surface area contributed by atoms with Crippen molar-refractivity contribution < 1.29 is 17.9 Å². The zero-order valence-electron chi connectivity index (χ0n) is 11.7. The molecule has 0 spiro atoms. The third-order valence-electron chi connectivity index (χ3n) is 3.52. The summed E-state index contributed by atoms with van der Waals surface area (Å²) in [6, 6.07) is 6.87. The Morgan fingerprint density at radius 3 is 2.62 bits per heavy atom. The van der Waals surface area contributed by atoms with Crippen LogP contribution in [0.4, 0.5) is 11.4 Å². The number of ether oxygens (including phenoxy) is 1. The van der Waals surface area contributed by atoms with E-state index in [2.05, 4.69) is 5.32 Å². The second kappa shape index (κ2) is 6.91. The van der Waals surface area contributed by atoms with Crippen LogP contribution in [0.3, 0.4) is 0 Å². The Morgan fingerprint density at radius 2 is 1.95 bits per heavy atom. The van der Waals surface area contributed by atoms with Crippen LogP contribution in [0, 0.1) is 0 Å². The van der Waals surface area contributed by atoms with Gasteiger partial charge in [-0.1, -0.05) is 12.1 Å². The molecule has 1 heterocycles. The predicted octanol–water partition coefficient (Wildman–Crippen LogP) is 1.19.